The number of nitrogens with zero attached hydrogens (tertiary/aromatic N) is 2. The van der Waals surface area contributed by atoms with Crippen LogP contribution in [0.25, 0.3) is 6.08 Å². The molecule has 0 saturated carbocycles. The van der Waals surface area contributed by atoms with Crippen LogP contribution in [0.15, 0.2) is 54.6 Å². The minimum absolute atomic E-state index is 0.0872. The van der Waals surface area contributed by atoms with Crippen LogP contribution in [0.4, 0.5) is 11.4 Å². The van der Waals surface area contributed by atoms with Crippen LogP contribution in [0.2, 0.25) is 0 Å². The van der Waals surface area contributed by atoms with E-state index in [2.05, 4.69) is 0 Å². The van der Waals surface area contributed by atoms with Crippen molar-refractivity contribution in [1.82, 2.24) is 0 Å². The lowest BCUT2D eigenvalue weighted by Gasteiger charge is -2.36. The molecule has 2 fully saturated rings. The molecule has 3 aliphatic heterocycles. The molecule has 2 saturated heterocycles. The van der Waals surface area contributed by atoms with Gasteiger partial charge in [0.05, 0.1) is 23.6 Å². The smallest absolute Gasteiger partial charge is 0.240 e. The van der Waals surface area contributed by atoms with Crippen molar-refractivity contribution < 1.29 is 19.2 Å². The summed E-state index contributed by atoms with van der Waals surface area (Å²) in [7, 11) is 0. The largest absolute Gasteiger partial charge is 0.353 e. The van der Waals surface area contributed by atoms with E-state index in [0.717, 1.165) is 11.3 Å². The lowest BCUT2D eigenvalue weighted by molar-refractivity contribution is -0.126. The molecule has 2 aromatic carbocycles. The van der Waals surface area contributed by atoms with Gasteiger partial charge in [0.25, 0.3) is 0 Å². The summed E-state index contributed by atoms with van der Waals surface area (Å²) in [5.74, 6) is -2.24. The second-order valence-corrected chi connectivity index (χ2v) is 8.04. The summed E-state index contributed by atoms with van der Waals surface area (Å²) in [5.41, 5.74) is 2.78. The SMILES string of the molecule is CC(=O)c1ccc(N2C(=O)C3C(C2=O)C(C(C)=O)N2c4ccccc4C=CC32)cc1. The Hall–Kier alpha value is -3.54. The third-order valence-electron chi connectivity index (χ3n) is 6.36. The maximum atomic E-state index is 13.4. The highest BCUT2D eigenvalue weighted by Crippen LogP contribution is 2.49. The molecule has 0 aromatic heterocycles. The first-order valence-corrected chi connectivity index (χ1v) is 9.95. The quantitative estimate of drug-likeness (QED) is 0.585. The van der Waals surface area contributed by atoms with Gasteiger partial charge >= 0.3 is 0 Å². The first-order chi connectivity index (χ1) is 14.4. The van der Waals surface area contributed by atoms with Gasteiger partial charge in [-0.15, -0.1) is 0 Å². The minimum atomic E-state index is -0.733. The molecule has 0 radical (unpaired) electrons. The zero-order valence-electron chi connectivity index (χ0n) is 16.6. The van der Waals surface area contributed by atoms with Crippen molar-refractivity contribution in [1.29, 1.82) is 0 Å². The highest BCUT2D eigenvalue weighted by atomic mass is 16.2. The van der Waals surface area contributed by atoms with Crippen molar-refractivity contribution in [3.8, 4) is 0 Å². The molecule has 3 heterocycles. The molecule has 0 spiro atoms. The van der Waals surface area contributed by atoms with Crippen LogP contribution in [0.3, 0.4) is 0 Å². The predicted octanol–water partition coefficient (Wildman–Crippen LogP) is 2.87. The van der Waals surface area contributed by atoms with Gasteiger partial charge in [0, 0.05) is 11.3 Å². The summed E-state index contributed by atoms with van der Waals surface area (Å²) in [6, 6.07) is 13.1. The average molecular weight is 400 g/mol. The van der Waals surface area contributed by atoms with Crippen molar-refractivity contribution >= 4 is 40.8 Å². The van der Waals surface area contributed by atoms with Crippen LogP contribution < -0.4 is 9.80 Å². The highest BCUT2D eigenvalue weighted by Gasteiger charge is 2.63. The fourth-order valence-corrected chi connectivity index (χ4v) is 5.07. The molecular formula is C24H20N2O4. The van der Waals surface area contributed by atoms with E-state index in [0.29, 0.717) is 11.3 Å². The lowest BCUT2D eigenvalue weighted by Crippen LogP contribution is -2.48. The monoisotopic (exact) mass is 400 g/mol. The highest BCUT2D eigenvalue weighted by molar-refractivity contribution is 6.24. The summed E-state index contributed by atoms with van der Waals surface area (Å²) in [4.78, 5) is 54.2. The van der Waals surface area contributed by atoms with Gasteiger partial charge in [0.1, 0.15) is 6.04 Å². The number of imide groups is 1. The molecular weight excluding hydrogens is 380 g/mol. The first kappa shape index (κ1) is 18.5. The molecule has 4 atom stereocenters. The van der Waals surface area contributed by atoms with Gasteiger partial charge in [-0.25, -0.2) is 4.90 Å². The van der Waals surface area contributed by atoms with E-state index in [9.17, 15) is 19.2 Å². The normalized spacial score (nSPS) is 26.5. The van der Waals surface area contributed by atoms with Crippen molar-refractivity contribution in [2.45, 2.75) is 25.9 Å². The van der Waals surface area contributed by atoms with Gasteiger partial charge in [-0.1, -0.05) is 30.4 Å². The standard InChI is InChI=1S/C24H20N2O4/c1-13(27)15-7-10-17(11-8-15)25-23(29)20-19-12-9-16-5-3-4-6-18(16)26(19)22(14(2)28)21(20)24(25)30/h3-12,19-22H,1-2H3. The first-order valence-electron chi connectivity index (χ1n) is 9.95. The molecule has 2 aromatic rings. The third-order valence-corrected chi connectivity index (χ3v) is 6.36. The van der Waals surface area contributed by atoms with Crippen molar-refractivity contribution in [3.63, 3.8) is 0 Å². The van der Waals surface area contributed by atoms with E-state index in [1.165, 1.54) is 18.7 Å². The van der Waals surface area contributed by atoms with Gasteiger partial charge in [0.2, 0.25) is 11.8 Å². The van der Waals surface area contributed by atoms with Crippen molar-refractivity contribution in [3.05, 3.63) is 65.7 Å². The summed E-state index contributed by atoms with van der Waals surface area (Å²) in [6.07, 6.45) is 3.88. The van der Waals surface area contributed by atoms with Crippen molar-refractivity contribution in [2.75, 3.05) is 9.80 Å². The molecule has 0 N–H and O–H groups in total. The van der Waals surface area contributed by atoms with Gasteiger partial charge in [-0.2, -0.15) is 0 Å². The molecule has 0 bridgehead atoms. The molecule has 30 heavy (non-hydrogen) atoms. The van der Waals surface area contributed by atoms with E-state index < -0.39 is 17.9 Å². The molecule has 2 amide bonds. The molecule has 3 aliphatic rings. The second kappa shape index (κ2) is 6.49. The van der Waals surface area contributed by atoms with Crippen LogP contribution in [-0.2, 0) is 14.4 Å². The Kier molecular flexibility index (Phi) is 4.00. The zero-order chi connectivity index (χ0) is 21.2. The Morgan fingerprint density at radius 3 is 2.20 bits per heavy atom. The van der Waals surface area contributed by atoms with Crippen molar-refractivity contribution in [2.24, 2.45) is 11.8 Å². The van der Waals surface area contributed by atoms with Crippen LogP contribution in [0.1, 0.15) is 29.8 Å². The van der Waals surface area contributed by atoms with Crippen LogP contribution >= 0.6 is 0 Å². The number of para-hydroxylation sites is 1. The van der Waals surface area contributed by atoms with E-state index in [1.54, 1.807) is 24.3 Å². The van der Waals surface area contributed by atoms with Gasteiger partial charge in [-0.05, 0) is 49.7 Å². The number of hydrogen-bond acceptors (Lipinski definition) is 5. The number of rotatable bonds is 3. The molecule has 150 valence electrons. The van der Waals surface area contributed by atoms with Gasteiger partial charge in [-0.3, -0.25) is 19.2 Å². The fourth-order valence-electron chi connectivity index (χ4n) is 5.07. The Balaban J connectivity index is 1.58. The number of carbonyl (C=O) groups excluding carboxylic acids is 4. The summed E-state index contributed by atoms with van der Waals surface area (Å²) >= 11 is 0. The summed E-state index contributed by atoms with van der Waals surface area (Å²) in [6.45, 7) is 2.94. The number of benzene rings is 2. The Morgan fingerprint density at radius 2 is 1.53 bits per heavy atom. The predicted molar refractivity (Wildman–Crippen MR) is 112 cm³/mol. The van der Waals surface area contributed by atoms with Gasteiger partial charge < -0.3 is 4.90 Å². The Labute approximate surface area is 173 Å². The van der Waals surface area contributed by atoms with E-state index in [1.807, 2.05) is 41.3 Å². The maximum Gasteiger partial charge on any atom is 0.240 e. The number of Topliss-reactive ketones (excluding diaryl/α,β-unsaturated/α-hetero) is 2. The van der Waals surface area contributed by atoms with E-state index in [-0.39, 0.29) is 29.4 Å². The van der Waals surface area contributed by atoms with Gasteiger partial charge in [0.15, 0.2) is 11.6 Å². The number of hydrogen-bond donors (Lipinski definition) is 0. The second-order valence-electron chi connectivity index (χ2n) is 8.04. The molecule has 6 heteroatoms. The summed E-state index contributed by atoms with van der Waals surface area (Å²) < 4.78 is 0. The maximum absolute atomic E-state index is 13.4. The Bertz CT molecular complexity index is 1130. The zero-order valence-corrected chi connectivity index (χ0v) is 16.6. The van der Waals surface area contributed by atoms with E-state index >= 15 is 0 Å². The summed E-state index contributed by atoms with van der Waals surface area (Å²) in [5, 5.41) is 0. The molecule has 0 aliphatic carbocycles. The minimum Gasteiger partial charge on any atom is -0.353 e. The number of amides is 2. The van der Waals surface area contributed by atoms with Crippen LogP contribution in [0.5, 0.6) is 0 Å². The van der Waals surface area contributed by atoms with Crippen LogP contribution in [-0.4, -0.2) is 35.5 Å². The Morgan fingerprint density at radius 1 is 0.867 bits per heavy atom. The third kappa shape index (κ3) is 2.43. The topological polar surface area (TPSA) is 74.8 Å². The number of ketones is 2. The molecule has 5 rings (SSSR count). The molecule has 4 unspecified atom stereocenters. The van der Waals surface area contributed by atoms with E-state index in [4.69, 9.17) is 0 Å². The fraction of sp³-hybridized carbons (Fsp3) is 0.250. The average Bonchev–Trinajstić information content (AvgIpc) is 3.21. The van der Waals surface area contributed by atoms with Crippen LogP contribution in [0, 0.1) is 11.8 Å². The lowest BCUT2D eigenvalue weighted by atomic mass is 9.88. The number of anilines is 2. The number of carbonyl (C=O) groups is 4. The number of fused-ring (bicyclic) bond motifs is 5. The molecule has 6 nitrogen and oxygen atoms in total.